The highest BCUT2D eigenvalue weighted by Gasteiger charge is 2.44. The Morgan fingerprint density at radius 2 is 1.77 bits per heavy atom. The number of rotatable bonds is 11. The Kier molecular flexibility index (Phi) is 9.30. The summed E-state index contributed by atoms with van der Waals surface area (Å²) in [5.41, 5.74) is 1.37. The van der Waals surface area contributed by atoms with Gasteiger partial charge in [-0.15, -0.1) is 0 Å². The van der Waals surface area contributed by atoms with Crippen molar-refractivity contribution < 1.29 is 24.2 Å². The first kappa shape index (κ1) is 25.1. The first-order chi connectivity index (χ1) is 14.6. The van der Waals surface area contributed by atoms with Crippen LogP contribution in [-0.2, 0) is 25.5 Å². The number of cyclic esters (lactones) is 1. The second kappa shape index (κ2) is 11.5. The van der Waals surface area contributed by atoms with Gasteiger partial charge in [0.15, 0.2) is 5.60 Å². The highest BCUT2D eigenvalue weighted by atomic mass is 16.6. The number of carbonyl (C=O) groups excluding carboxylic acids is 2. The summed E-state index contributed by atoms with van der Waals surface area (Å²) in [7, 11) is 0. The summed E-state index contributed by atoms with van der Waals surface area (Å²) in [5, 5.41) is 9.90. The molecule has 31 heavy (non-hydrogen) atoms. The molecule has 1 aliphatic rings. The third-order valence-corrected chi connectivity index (χ3v) is 5.64. The Balaban J connectivity index is 1.95. The molecule has 0 bridgehead atoms. The van der Waals surface area contributed by atoms with Crippen LogP contribution in [0.5, 0.6) is 0 Å². The topological polar surface area (TPSA) is 72.8 Å². The molecule has 2 rings (SSSR count). The molecule has 0 saturated carbocycles. The molecule has 1 aliphatic heterocycles. The van der Waals surface area contributed by atoms with Gasteiger partial charge in [-0.3, -0.25) is 4.79 Å². The zero-order valence-corrected chi connectivity index (χ0v) is 19.6. The Hall–Kier alpha value is -2.14. The van der Waals surface area contributed by atoms with E-state index in [0.29, 0.717) is 23.3 Å². The van der Waals surface area contributed by atoms with Crippen LogP contribution in [0, 0.1) is 24.7 Å². The summed E-state index contributed by atoms with van der Waals surface area (Å²) in [4.78, 5) is 24.7. The maximum Gasteiger partial charge on any atom is 0.334 e. The van der Waals surface area contributed by atoms with E-state index in [1.807, 2.05) is 37.3 Å². The number of aliphatic hydroxyl groups excluding tert-OH is 1. The second-order valence-corrected chi connectivity index (χ2v) is 9.82. The summed E-state index contributed by atoms with van der Waals surface area (Å²) in [5.74, 6) is 0.886. The van der Waals surface area contributed by atoms with Gasteiger partial charge in [0, 0.05) is 12.0 Å². The highest BCUT2D eigenvalue weighted by molar-refractivity contribution is 5.91. The fourth-order valence-corrected chi connectivity index (χ4v) is 4.15. The lowest BCUT2D eigenvalue weighted by molar-refractivity contribution is -0.165. The van der Waals surface area contributed by atoms with Gasteiger partial charge in [0.1, 0.15) is 6.61 Å². The van der Waals surface area contributed by atoms with E-state index in [-0.39, 0.29) is 26.1 Å². The van der Waals surface area contributed by atoms with Crippen LogP contribution < -0.4 is 0 Å². The fourth-order valence-electron chi connectivity index (χ4n) is 4.15. The van der Waals surface area contributed by atoms with Crippen molar-refractivity contribution in [3.05, 3.63) is 47.0 Å². The molecule has 1 saturated heterocycles. The third-order valence-electron chi connectivity index (χ3n) is 5.64. The lowest BCUT2D eigenvalue weighted by atomic mass is 9.86. The van der Waals surface area contributed by atoms with Crippen molar-refractivity contribution in [1.29, 1.82) is 0 Å². The molecule has 0 aromatic heterocycles. The average Bonchev–Trinajstić information content (AvgIpc) is 3.02. The van der Waals surface area contributed by atoms with E-state index in [2.05, 4.69) is 27.7 Å². The minimum atomic E-state index is -1.18. The van der Waals surface area contributed by atoms with E-state index in [4.69, 9.17) is 9.47 Å². The molecule has 0 unspecified atom stereocenters. The number of hydrogen-bond acceptors (Lipinski definition) is 5. The maximum atomic E-state index is 12.4. The summed E-state index contributed by atoms with van der Waals surface area (Å²) in [6.07, 6.45) is 5.40. The molecule has 0 spiro atoms. The van der Waals surface area contributed by atoms with E-state index in [9.17, 15) is 14.7 Å². The quantitative estimate of drug-likeness (QED) is 0.404. The molecule has 1 aromatic carbocycles. The van der Waals surface area contributed by atoms with Gasteiger partial charge in [-0.2, -0.15) is 0 Å². The molecule has 1 aromatic rings. The summed E-state index contributed by atoms with van der Waals surface area (Å²) in [6, 6.07) is 7.66. The molecule has 0 radical (unpaired) electrons. The molecule has 1 atom stereocenters. The van der Waals surface area contributed by atoms with Crippen molar-refractivity contribution in [2.45, 2.75) is 72.3 Å². The predicted molar refractivity (Wildman–Crippen MR) is 121 cm³/mol. The van der Waals surface area contributed by atoms with Crippen LogP contribution in [0.1, 0.15) is 64.5 Å². The maximum absolute atomic E-state index is 12.4. The van der Waals surface area contributed by atoms with E-state index in [1.54, 1.807) is 0 Å². The molecule has 0 aliphatic carbocycles. The summed E-state index contributed by atoms with van der Waals surface area (Å²) < 4.78 is 10.9. The number of benzene rings is 1. The molecular formula is C26H38O5. The number of allylic oxidation sites excluding steroid dienone is 1. The second-order valence-electron chi connectivity index (χ2n) is 9.82. The van der Waals surface area contributed by atoms with Gasteiger partial charge in [0.05, 0.1) is 13.0 Å². The van der Waals surface area contributed by atoms with Crippen LogP contribution in [0.4, 0.5) is 0 Å². The van der Waals surface area contributed by atoms with Crippen molar-refractivity contribution in [1.82, 2.24) is 0 Å². The fraction of sp³-hybridized carbons (Fsp3) is 0.615. The van der Waals surface area contributed by atoms with Crippen LogP contribution in [0.25, 0.3) is 0 Å². The molecule has 5 heteroatoms. The zero-order valence-electron chi connectivity index (χ0n) is 19.6. The van der Waals surface area contributed by atoms with Crippen LogP contribution in [0.2, 0.25) is 0 Å². The number of aryl methyl sites for hydroxylation is 1. The number of esters is 2. The third kappa shape index (κ3) is 8.13. The van der Waals surface area contributed by atoms with Crippen molar-refractivity contribution in [2.75, 3.05) is 13.2 Å². The average molecular weight is 431 g/mol. The van der Waals surface area contributed by atoms with Gasteiger partial charge in [0.25, 0.3) is 0 Å². The molecule has 1 fully saturated rings. The van der Waals surface area contributed by atoms with E-state index < -0.39 is 17.5 Å². The molecule has 0 amide bonds. The number of hydrogen-bond donors (Lipinski definition) is 1. The van der Waals surface area contributed by atoms with Crippen molar-refractivity contribution in [2.24, 2.45) is 17.8 Å². The van der Waals surface area contributed by atoms with Gasteiger partial charge < -0.3 is 14.6 Å². The van der Waals surface area contributed by atoms with Gasteiger partial charge in [0.2, 0.25) is 0 Å². The predicted octanol–water partition coefficient (Wildman–Crippen LogP) is 4.78. The molecule has 172 valence electrons. The van der Waals surface area contributed by atoms with Gasteiger partial charge in [-0.1, -0.05) is 63.6 Å². The SMILES string of the molecule is Cc1ccc(CC(=O)OC[C@]2(CO)C/C(=C\CC(CC(C)C)CC(C)C)C(=O)O2)cc1. The highest BCUT2D eigenvalue weighted by Crippen LogP contribution is 2.33. The number of carbonyl (C=O) groups is 2. The normalized spacial score (nSPS) is 20.2. The van der Waals surface area contributed by atoms with Crippen molar-refractivity contribution in [3.8, 4) is 0 Å². The van der Waals surface area contributed by atoms with Crippen LogP contribution in [-0.4, -0.2) is 35.9 Å². The monoisotopic (exact) mass is 430 g/mol. The first-order valence-electron chi connectivity index (χ1n) is 11.4. The van der Waals surface area contributed by atoms with E-state index in [0.717, 1.165) is 30.4 Å². The molecular weight excluding hydrogens is 392 g/mol. The van der Waals surface area contributed by atoms with Crippen molar-refractivity contribution in [3.63, 3.8) is 0 Å². The van der Waals surface area contributed by atoms with Gasteiger partial charge >= 0.3 is 11.9 Å². The van der Waals surface area contributed by atoms with Crippen LogP contribution in [0.3, 0.4) is 0 Å². The summed E-state index contributed by atoms with van der Waals surface area (Å²) >= 11 is 0. The molecule has 1 N–H and O–H groups in total. The Labute approximate surface area is 186 Å². The largest absolute Gasteiger partial charge is 0.461 e. The Bertz CT molecular complexity index is 753. The Morgan fingerprint density at radius 3 is 2.32 bits per heavy atom. The van der Waals surface area contributed by atoms with Gasteiger partial charge in [-0.05, 0) is 49.5 Å². The number of ether oxygens (including phenoxy) is 2. The molecule has 1 heterocycles. The first-order valence-corrected chi connectivity index (χ1v) is 11.4. The van der Waals surface area contributed by atoms with Gasteiger partial charge in [-0.25, -0.2) is 4.79 Å². The minimum absolute atomic E-state index is 0.140. The molecule has 5 nitrogen and oxygen atoms in total. The number of aliphatic hydroxyl groups is 1. The van der Waals surface area contributed by atoms with Crippen LogP contribution in [0.15, 0.2) is 35.9 Å². The zero-order chi connectivity index (χ0) is 23.0. The standard InChI is InChI=1S/C26H38O5/c1-18(2)12-22(13-19(3)4)10-11-23-15-26(16-27,31-25(23)29)17-30-24(28)14-21-8-6-20(5)7-9-21/h6-9,11,18-19,22,27H,10,12-17H2,1-5H3/b23-11+/t26-/m1/s1. The van der Waals surface area contributed by atoms with Crippen molar-refractivity contribution >= 4 is 11.9 Å². The van der Waals surface area contributed by atoms with E-state index >= 15 is 0 Å². The minimum Gasteiger partial charge on any atom is -0.461 e. The smallest absolute Gasteiger partial charge is 0.334 e. The summed E-state index contributed by atoms with van der Waals surface area (Å²) in [6.45, 7) is 10.3. The Morgan fingerprint density at radius 1 is 1.16 bits per heavy atom. The lowest BCUT2D eigenvalue weighted by Crippen LogP contribution is -2.39. The van der Waals surface area contributed by atoms with Crippen LogP contribution >= 0.6 is 0 Å². The van der Waals surface area contributed by atoms with E-state index in [1.165, 1.54) is 0 Å². The lowest BCUT2D eigenvalue weighted by Gasteiger charge is -2.24.